The fraction of sp³-hybridized carbons (Fsp3) is 0.182. The monoisotopic (exact) mass is 188 g/mol. The van der Waals surface area contributed by atoms with Crippen molar-refractivity contribution < 1.29 is 5.11 Å². The number of anilines is 1. The molecule has 3 N–H and O–H groups in total. The number of fused-ring (bicyclic) bond motifs is 1. The summed E-state index contributed by atoms with van der Waals surface area (Å²) >= 11 is 0. The predicted molar refractivity (Wildman–Crippen MR) is 57.3 cm³/mol. The molecule has 0 atom stereocenters. The zero-order valence-electron chi connectivity index (χ0n) is 8.20. The molecule has 0 aliphatic carbocycles. The van der Waals surface area contributed by atoms with Crippen molar-refractivity contribution in [2.75, 3.05) is 5.73 Å². The standard InChI is InChI=1S/C11H12N2O/c1-6-5-7(2)13-11-8(6)3-4-9(14)10(11)12/h3-5,14H,12H2,1-2H3. The molecule has 1 aromatic carbocycles. The number of phenols is 1. The van der Waals surface area contributed by atoms with Crippen LogP contribution in [0.25, 0.3) is 10.9 Å². The Balaban J connectivity index is 2.95. The predicted octanol–water partition coefficient (Wildman–Crippen LogP) is 2.14. The second kappa shape index (κ2) is 2.87. The topological polar surface area (TPSA) is 59.1 Å². The van der Waals surface area contributed by atoms with Crippen molar-refractivity contribution in [3.8, 4) is 5.75 Å². The summed E-state index contributed by atoms with van der Waals surface area (Å²) in [5.74, 6) is 0.0926. The molecule has 72 valence electrons. The van der Waals surface area contributed by atoms with Gasteiger partial charge in [-0.05, 0) is 37.6 Å². The number of hydrogen-bond donors (Lipinski definition) is 2. The van der Waals surface area contributed by atoms with Crippen LogP contribution >= 0.6 is 0 Å². The summed E-state index contributed by atoms with van der Waals surface area (Å²) in [5.41, 5.74) is 8.82. The third-order valence-electron chi connectivity index (χ3n) is 2.33. The molecule has 0 unspecified atom stereocenters. The van der Waals surface area contributed by atoms with Gasteiger partial charge in [-0.3, -0.25) is 4.98 Å². The summed E-state index contributed by atoms with van der Waals surface area (Å²) in [4.78, 5) is 4.31. The lowest BCUT2D eigenvalue weighted by Gasteiger charge is -2.07. The van der Waals surface area contributed by atoms with Gasteiger partial charge in [0, 0.05) is 11.1 Å². The highest BCUT2D eigenvalue weighted by atomic mass is 16.3. The van der Waals surface area contributed by atoms with E-state index in [1.165, 1.54) is 0 Å². The van der Waals surface area contributed by atoms with Crippen LogP contribution in [0.4, 0.5) is 5.69 Å². The summed E-state index contributed by atoms with van der Waals surface area (Å²) in [5, 5.41) is 10.4. The molecular formula is C11H12N2O. The molecule has 0 spiro atoms. The minimum atomic E-state index is 0.0926. The maximum Gasteiger partial charge on any atom is 0.140 e. The summed E-state index contributed by atoms with van der Waals surface area (Å²) < 4.78 is 0. The molecule has 1 aromatic heterocycles. The van der Waals surface area contributed by atoms with Gasteiger partial charge >= 0.3 is 0 Å². The Labute approximate surface area is 82.2 Å². The Morgan fingerprint density at radius 3 is 2.71 bits per heavy atom. The molecule has 0 radical (unpaired) electrons. The molecule has 0 amide bonds. The minimum absolute atomic E-state index is 0.0926. The third kappa shape index (κ3) is 1.18. The second-order valence-electron chi connectivity index (χ2n) is 3.48. The average molecular weight is 188 g/mol. The van der Waals surface area contributed by atoms with Crippen LogP contribution in [0.3, 0.4) is 0 Å². The van der Waals surface area contributed by atoms with E-state index in [0.29, 0.717) is 11.2 Å². The van der Waals surface area contributed by atoms with Crippen molar-refractivity contribution in [2.24, 2.45) is 0 Å². The molecule has 14 heavy (non-hydrogen) atoms. The highest BCUT2D eigenvalue weighted by molar-refractivity contribution is 5.94. The van der Waals surface area contributed by atoms with Crippen molar-refractivity contribution in [1.82, 2.24) is 4.98 Å². The molecule has 0 aliphatic heterocycles. The molecule has 2 aromatic rings. The highest BCUT2D eigenvalue weighted by Crippen LogP contribution is 2.29. The number of aromatic hydroxyl groups is 1. The Hall–Kier alpha value is -1.77. The lowest BCUT2D eigenvalue weighted by molar-refractivity contribution is 0.478. The van der Waals surface area contributed by atoms with Gasteiger partial charge in [0.2, 0.25) is 0 Å². The van der Waals surface area contributed by atoms with Gasteiger partial charge in [-0.1, -0.05) is 0 Å². The van der Waals surface area contributed by atoms with Crippen molar-refractivity contribution in [2.45, 2.75) is 13.8 Å². The van der Waals surface area contributed by atoms with Crippen LogP contribution in [0.5, 0.6) is 5.75 Å². The van der Waals surface area contributed by atoms with Gasteiger partial charge in [0.25, 0.3) is 0 Å². The Bertz CT molecular complexity index is 506. The number of nitrogens with two attached hydrogens (primary N) is 1. The number of nitrogen functional groups attached to an aromatic ring is 1. The summed E-state index contributed by atoms with van der Waals surface area (Å²) in [6.07, 6.45) is 0. The van der Waals surface area contributed by atoms with E-state index in [1.54, 1.807) is 6.07 Å². The fourth-order valence-electron chi connectivity index (χ4n) is 1.64. The number of aryl methyl sites for hydroxylation is 2. The van der Waals surface area contributed by atoms with E-state index in [1.807, 2.05) is 26.0 Å². The first-order valence-electron chi connectivity index (χ1n) is 4.45. The van der Waals surface area contributed by atoms with Crippen molar-refractivity contribution in [3.63, 3.8) is 0 Å². The number of hydrogen-bond acceptors (Lipinski definition) is 3. The summed E-state index contributed by atoms with van der Waals surface area (Å²) in [7, 11) is 0. The van der Waals surface area contributed by atoms with Crippen molar-refractivity contribution in [1.29, 1.82) is 0 Å². The zero-order chi connectivity index (χ0) is 10.3. The molecule has 0 fully saturated rings. The fourth-order valence-corrected chi connectivity index (χ4v) is 1.64. The van der Waals surface area contributed by atoms with Crippen LogP contribution in [-0.2, 0) is 0 Å². The Kier molecular flexibility index (Phi) is 1.81. The van der Waals surface area contributed by atoms with E-state index >= 15 is 0 Å². The smallest absolute Gasteiger partial charge is 0.140 e. The number of phenolic OH excluding ortho intramolecular Hbond substituents is 1. The lowest BCUT2D eigenvalue weighted by Crippen LogP contribution is -1.93. The molecule has 3 heteroatoms. The molecule has 0 saturated carbocycles. The van der Waals surface area contributed by atoms with Gasteiger partial charge in [0.1, 0.15) is 11.4 Å². The van der Waals surface area contributed by atoms with Gasteiger partial charge in [-0.15, -0.1) is 0 Å². The van der Waals surface area contributed by atoms with Gasteiger partial charge in [0.15, 0.2) is 0 Å². The van der Waals surface area contributed by atoms with E-state index in [-0.39, 0.29) is 5.75 Å². The Morgan fingerprint density at radius 1 is 1.29 bits per heavy atom. The van der Waals surface area contributed by atoms with Gasteiger partial charge in [-0.25, -0.2) is 0 Å². The third-order valence-corrected chi connectivity index (χ3v) is 2.33. The Morgan fingerprint density at radius 2 is 2.00 bits per heavy atom. The van der Waals surface area contributed by atoms with Crippen molar-refractivity contribution >= 4 is 16.6 Å². The van der Waals surface area contributed by atoms with Crippen LogP contribution in [0.1, 0.15) is 11.3 Å². The van der Waals surface area contributed by atoms with Gasteiger partial charge in [0.05, 0.1) is 5.52 Å². The van der Waals surface area contributed by atoms with Crippen LogP contribution in [0.15, 0.2) is 18.2 Å². The highest BCUT2D eigenvalue weighted by Gasteiger charge is 2.06. The van der Waals surface area contributed by atoms with Crippen LogP contribution < -0.4 is 5.73 Å². The quantitative estimate of drug-likeness (QED) is 0.492. The summed E-state index contributed by atoms with van der Waals surface area (Å²) in [6.45, 7) is 3.92. The van der Waals surface area contributed by atoms with Crippen LogP contribution in [-0.4, -0.2) is 10.1 Å². The SMILES string of the molecule is Cc1cc(C)c2ccc(O)c(N)c2n1. The van der Waals surface area contributed by atoms with E-state index in [2.05, 4.69) is 4.98 Å². The largest absolute Gasteiger partial charge is 0.506 e. The lowest BCUT2D eigenvalue weighted by atomic mass is 10.1. The van der Waals surface area contributed by atoms with Crippen molar-refractivity contribution in [3.05, 3.63) is 29.5 Å². The number of benzene rings is 1. The zero-order valence-corrected chi connectivity index (χ0v) is 8.20. The van der Waals surface area contributed by atoms with E-state index in [0.717, 1.165) is 16.6 Å². The first-order valence-corrected chi connectivity index (χ1v) is 4.45. The number of nitrogens with zero attached hydrogens (tertiary/aromatic N) is 1. The number of aromatic nitrogens is 1. The number of pyridine rings is 1. The molecule has 3 nitrogen and oxygen atoms in total. The second-order valence-corrected chi connectivity index (χ2v) is 3.48. The molecule has 2 rings (SSSR count). The maximum atomic E-state index is 9.43. The summed E-state index contributed by atoms with van der Waals surface area (Å²) in [6, 6.07) is 5.43. The van der Waals surface area contributed by atoms with E-state index in [4.69, 9.17) is 5.73 Å². The molecular weight excluding hydrogens is 176 g/mol. The van der Waals surface area contributed by atoms with E-state index < -0.39 is 0 Å². The first-order chi connectivity index (χ1) is 6.59. The van der Waals surface area contributed by atoms with E-state index in [9.17, 15) is 5.11 Å². The van der Waals surface area contributed by atoms with Gasteiger partial charge < -0.3 is 10.8 Å². The molecule has 1 heterocycles. The normalized spacial score (nSPS) is 10.7. The van der Waals surface area contributed by atoms with Crippen LogP contribution in [0.2, 0.25) is 0 Å². The van der Waals surface area contributed by atoms with Crippen LogP contribution in [0, 0.1) is 13.8 Å². The molecule has 0 aliphatic rings. The first kappa shape index (κ1) is 8.81. The maximum absolute atomic E-state index is 9.43. The minimum Gasteiger partial charge on any atom is -0.506 e. The molecule has 0 saturated heterocycles. The number of rotatable bonds is 0. The van der Waals surface area contributed by atoms with Gasteiger partial charge in [-0.2, -0.15) is 0 Å². The molecule has 0 bridgehead atoms. The average Bonchev–Trinajstić information content (AvgIpc) is 2.12.